The third-order valence-corrected chi connectivity index (χ3v) is 13.3. The Morgan fingerprint density at radius 1 is 1.14 bits per heavy atom. The Hall–Kier alpha value is -3.02. The largest absolute Gasteiger partial charge is 0.443 e. The van der Waals surface area contributed by atoms with Crippen LogP contribution >= 0.6 is 0 Å². The minimum Gasteiger partial charge on any atom is -0.443 e. The van der Waals surface area contributed by atoms with Gasteiger partial charge in [-0.2, -0.15) is 9.61 Å². The van der Waals surface area contributed by atoms with Crippen LogP contribution in [0.3, 0.4) is 0 Å². The highest BCUT2D eigenvalue weighted by atomic mass is 28.4. The zero-order valence-corrected chi connectivity index (χ0v) is 28.4. The SMILES string of the molecule is CC[Si](CC)(CC)OC1(CNc2cc(N(Cc3ccncc3)C(=O)OC(C)(C)C)n3ncc(C(C)C)c3n2)CCNCC1. The zero-order valence-electron chi connectivity index (χ0n) is 27.4. The van der Waals surface area contributed by atoms with E-state index in [1.165, 1.54) is 0 Å². The Bertz CT molecular complexity index is 1340. The van der Waals surface area contributed by atoms with Crippen LogP contribution < -0.4 is 15.5 Å². The second kappa shape index (κ2) is 13.7. The van der Waals surface area contributed by atoms with Gasteiger partial charge < -0.3 is 19.8 Å². The molecule has 0 saturated carbocycles. The number of pyridine rings is 1. The molecule has 0 bridgehead atoms. The van der Waals surface area contributed by atoms with Gasteiger partial charge in [0.1, 0.15) is 17.2 Å². The fourth-order valence-electron chi connectivity index (χ4n) is 5.76. The zero-order chi connectivity index (χ0) is 31.3. The van der Waals surface area contributed by atoms with Gasteiger partial charge in [-0.3, -0.25) is 9.88 Å². The number of ether oxygens (including phenoxy) is 1. The van der Waals surface area contributed by atoms with E-state index in [0.717, 1.165) is 60.8 Å². The van der Waals surface area contributed by atoms with Crippen LogP contribution in [0.15, 0.2) is 36.8 Å². The summed E-state index contributed by atoms with van der Waals surface area (Å²) in [6.45, 7) is 19.5. The molecular formula is C32H51N7O3Si. The van der Waals surface area contributed by atoms with Gasteiger partial charge in [0.2, 0.25) is 0 Å². The lowest BCUT2D eigenvalue weighted by Gasteiger charge is -2.45. The minimum atomic E-state index is -1.86. The summed E-state index contributed by atoms with van der Waals surface area (Å²) >= 11 is 0. The van der Waals surface area contributed by atoms with Gasteiger partial charge >= 0.3 is 6.09 Å². The molecule has 1 aliphatic rings. The Kier molecular flexibility index (Phi) is 10.5. The van der Waals surface area contributed by atoms with Gasteiger partial charge in [-0.1, -0.05) is 34.6 Å². The van der Waals surface area contributed by atoms with E-state index in [2.05, 4.69) is 50.2 Å². The monoisotopic (exact) mass is 609 g/mol. The summed E-state index contributed by atoms with van der Waals surface area (Å²) in [6, 6.07) is 9.04. The number of aromatic nitrogens is 4. The third kappa shape index (κ3) is 7.93. The van der Waals surface area contributed by atoms with Crippen LogP contribution in [0.25, 0.3) is 5.65 Å². The van der Waals surface area contributed by atoms with Gasteiger partial charge in [-0.25, -0.2) is 9.78 Å². The Morgan fingerprint density at radius 2 is 1.79 bits per heavy atom. The van der Waals surface area contributed by atoms with Crippen LogP contribution in [0.5, 0.6) is 0 Å². The van der Waals surface area contributed by atoms with E-state index in [-0.39, 0.29) is 11.5 Å². The molecule has 236 valence electrons. The summed E-state index contributed by atoms with van der Waals surface area (Å²) in [5.74, 6) is 1.48. The maximum Gasteiger partial charge on any atom is 0.416 e. The normalized spacial score (nSPS) is 15.6. The molecule has 11 heteroatoms. The lowest BCUT2D eigenvalue weighted by atomic mass is 9.92. The van der Waals surface area contributed by atoms with E-state index in [1.54, 1.807) is 21.8 Å². The molecule has 0 spiro atoms. The van der Waals surface area contributed by atoms with Crippen LogP contribution in [-0.4, -0.2) is 64.8 Å². The molecule has 0 unspecified atom stereocenters. The molecule has 1 amide bonds. The first-order chi connectivity index (χ1) is 20.4. The van der Waals surface area contributed by atoms with Crippen molar-refractivity contribution in [1.29, 1.82) is 0 Å². The molecular weight excluding hydrogens is 558 g/mol. The number of carbonyl (C=O) groups excluding carboxylic acids is 1. The summed E-state index contributed by atoms with van der Waals surface area (Å²) in [5, 5.41) is 11.9. The third-order valence-electron chi connectivity index (χ3n) is 8.56. The lowest BCUT2D eigenvalue weighted by molar-refractivity contribution is 0.0376. The van der Waals surface area contributed by atoms with Crippen molar-refractivity contribution in [2.45, 2.75) is 110 Å². The molecule has 0 atom stereocenters. The fourth-order valence-corrected chi connectivity index (χ4v) is 8.88. The van der Waals surface area contributed by atoms with Crippen molar-refractivity contribution in [3.8, 4) is 0 Å². The number of hydrogen-bond donors (Lipinski definition) is 2. The summed E-state index contributed by atoms with van der Waals surface area (Å²) in [6.07, 6.45) is 6.74. The van der Waals surface area contributed by atoms with Crippen molar-refractivity contribution in [3.63, 3.8) is 0 Å². The van der Waals surface area contributed by atoms with Crippen molar-refractivity contribution in [3.05, 3.63) is 47.9 Å². The van der Waals surface area contributed by atoms with Gasteiger partial charge in [0.05, 0.1) is 18.3 Å². The number of amides is 1. The summed E-state index contributed by atoms with van der Waals surface area (Å²) in [5.41, 5.74) is 1.73. The molecule has 1 aliphatic heterocycles. The van der Waals surface area contributed by atoms with Gasteiger partial charge in [-0.15, -0.1) is 0 Å². The molecule has 2 N–H and O–H groups in total. The standard InChI is InChI=1S/C32H51N7O3Si/c1-9-43(10-2,11-3)42-32(14-18-34-19-15-32)23-35-27-20-28(39-29(37-27)26(21-36-39)24(4)5)38(30(40)41-31(6,7)8)22-25-12-16-33-17-13-25/h12-13,16-17,20-21,24,34H,9-11,14-15,18-19,22-23H2,1-8H3,(H,35,37). The highest BCUT2D eigenvalue weighted by Crippen LogP contribution is 2.34. The molecule has 0 radical (unpaired) electrons. The first-order valence-corrected chi connectivity index (χ1v) is 18.4. The van der Waals surface area contributed by atoms with Crippen molar-refractivity contribution in [2.24, 2.45) is 0 Å². The quantitative estimate of drug-likeness (QED) is 0.217. The van der Waals surface area contributed by atoms with Gasteiger partial charge in [0.15, 0.2) is 14.0 Å². The summed E-state index contributed by atoms with van der Waals surface area (Å²) in [7, 11) is -1.86. The maximum atomic E-state index is 13.8. The van der Waals surface area contributed by atoms with E-state index in [0.29, 0.717) is 24.7 Å². The molecule has 1 saturated heterocycles. The lowest BCUT2D eigenvalue weighted by Crippen LogP contribution is -2.55. The van der Waals surface area contributed by atoms with E-state index in [1.807, 2.05) is 45.2 Å². The van der Waals surface area contributed by atoms with E-state index in [4.69, 9.17) is 19.2 Å². The second-order valence-corrected chi connectivity index (χ2v) is 17.7. The number of anilines is 2. The van der Waals surface area contributed by atoms with Crippen LogP contribution in [0.4, 0.5) is 16.4 Å². The first kappa shape index (κ1) is 32.9. The van der Waals surface area contributed by atoms with Gasteiger partial charge in [0.25, 0.3) is 0 Å². The molecule has 43 heavy (non-hydrogen) atoms. The van der Waals surface area contributed by atoms with E-state index < -0.39 is 20.0 Å². The van der Waals surface area contributed by atoms with Crippen LogP contribution in [0.2, 0.25) is 18.1 Å². The van der Waals surface area contributed by atoms with Crippen LogP contribution in [-0.2, 0) is 15.7 Å². The number of nitrogens with zero attached hydrogens (tertiary/aromatic N) is 5. The fraction of sp³-hybridized carbons (Fsp3) is 0.625. The Balaban J connectivity index is 1.77. The molecule has 3 aromatic heterocycles. The van der Waals surface area contributed by atoms with E-state index in [9.17, 15) is 4.79 Å². The second-order valence-electron chi connectivity index (χ2n) is 13.0. The van der Waals surface area contributed by atoms with Crippen molar-refractivity contribution >= 4 is 31.7 Å². The molecule has 10 nitrogen and oxygen atoms in total. The summed E-state index contributed by atoms with van der Waals surface area (Å²) in [4.78, 5) is 24.6. The molecule has 4 rings (SSSR count). The highest BCUT2D eigenvalue weighted by molar-refractivity contribution is 6.73. The van der Waals surface area contributed by atoms with Gasteiger partial charge in [-0.05, 0) is 88.4 Å². The molecule has 4 heterocycles. The predicted octanol–water partition coefficient (Wildman–Crippen LogP) is 6.75. The molecule has 1 fully saturated rings. The van der Waals surface area contributed by atoms with Crippen LogP contribution in [0.1, 0.15) is 85.3 Å². The number of carbonyl (C=O) groups is 1. The first-order valence-electron chi connectivity index (χ1n) is 15.9. The number of hydrogen-bond acceptors (Lipinski definition) is 8. The van der Waals surface area contributed by atoms with Crippen molar-refractivity contribution in [1.82, 2.24) is 24.9 Å². The highest BCUT2D eigenvalue weighted by Gasteiger charge is 2.42. The van der Waals surface area contributed by atoms with Crippen molar-refractivity contribution in [2.75, 3.05) is 29.9 Å². The van der Waals surface area contributed by atoms with Crippen LogP contribution in [0, 0.1) is 0 Å². The predicted molar refractivity (Wildman–Crippen MR) is 175 cm³/mol. The Morgan fingerprint density at radius 3 is 2.37 bits per heavy atom. The van der Waals surface area contributed by atoms with Crippen molar-refractivity contribution < 1.29 is 14.0 Å². The average Bonchev–Trinajstić information content (AvgIpc) is 3.42. The molecule has 3 aromatic rings. The number of fused-ring (bicyclic) bond motifs is 1. The smallest absolute Gasteiger partial charge is 0.416 e. The summed E-state index contributed by atoms with van der Waals surface area (Å²) < 4.78 is 14.9. The molecule has 0 aliphatic carbocycles. The number of rotatable bonds is 12. The molecule has 0 aromatic carbocycles. The average molecular weight is 610 g/mol. The number of nitrogens with one attached hydrogen (secondary N) is 2. The minimum absolute atomic E-state index is 0.202. The van der Waals surface area contributed by atoms with E-state index >= 15 is 0 Å². The topological polar surface area (TPSA) is 106 Å². The maximum absolute atomic E-state index is 13.8. The van der Waals surface area contributed by atoms with Gasteiger partial charge in [0, 0.05) is 30.6 Å². The Labute approximate surface area is 258 Å². The number of piperidine rings is 1.